The van der Waals surface area contributed by atoms with Gasteiger partial charge in [0.15, 0.2) is 5.78 Å². The SMILES string of the molecule is CCCC(COC(C)(C)C(C)F)C(=O)C=S(C)C. The largest absolute Gasteiger partial charge is 0.372 e. The van der Waals surface area contributed by atoms with Crippen LogP contribution in [-0.2, 0) is 9.53 Å². The maximum Gasteiger partial charge on any atom is 0.166 e. The van der Waals surface area contributed by atoms with Crippen molar-refractivity contribution in [1.82, 2.24) is 0 Å². The van der Waals surface area contributed by atoms with E-state index in [1.54, 1.807) is 19.2 Å². The van der Waals surface area contributed by atoms with Gasteiger partial charge in [-0.3, -0.25) is 4.79 Å². The molecule has 0 saturated heterocycles. The Labute approximate surface area is 113 Å². The first-order valence-electron chi connectivity index (χ1n) is 6.43. The van der Waals surface area contributed by atoms with Crippen molar-refractivity contribution in [3.63, 3.8) is 0 Å². The maximum absolute atomic E-state index is 13.3. The molecular formula is C14H27FO2S. The van der Waals surface area contributed by atoms with Gasteiger partial charge in [0.1, 0.15) is 6.17 Å². The maximum atomic E-state index is 13.3. The normalized spacial score (nSPS) is 15.6. The fraction of sp³-hybridized carbons (Fsp3) is 0.857. The highest BCUT2D eigenvalue weighted by Crippen LogP contribution is 2.20. The van der Waals surface area contributed by atoms with Gasteiger partial charge in [-0.05, 0) is 39.7 Å². The van der Waals surface area contributed by atoms with Crippen LogP contribution < -0.4 is 0 Å². The Morgan fingerprint density at radius 3 is 2.39 bits per heavy atom. The molecule has 2 nitrogen and oxygen atoms in total. The highest BCUT2D eigenvalue weighted by Gasteiger charge is 2.28. The molecule has 0 heterocycles. The molecule has 0 bridgehead atoms. The van der Waals surface area contributed by atoms with Crippen LogP contribution in [0.1, 0.15) is 40.5 Å². The summed E-state index contributed by atoms with van der Waals surface area (Å²) in [7, 11) is -0.00752. The lowest BCUT2D eigenvalue weighted by Crippen LogP contribution is -2.37. The second kappa shape index (κ2) is 8.05. The van der Waals surface area contributed by atoms with Crippen LogP contribution in [-0.4, -0.2) is 42.0 Å². The number of alkyl halides is 1. The van der Waals surface area contributed by atoms with E-state index < -0.39 is 11.8 Å². The van der Waals surface area contributed by atoms with Crippen LogP contribution in [0, 0.1) is 5.92 Å². The molecule has 0 saturated carbocycles. The van der Waals surface area contributed by atoms with Crippen LogP contribution in [0.2, 0.25) is 0 Å². The molecule has 0 aromatic carbocycles. The molecule has 2 unspecified atom stereocenters. The van der Waals surface area contributed by atoms with Crippen LogP contribution in [0.3, 0.4) is 0 Å². The van der Waals surface area contributed by atoms with Gasteiger partial charge in [0, 0.05) is 11.3 Å². The van der Waals surface area contributed by atoms with Gasteiger partial charge in [-0.1, -0.05) is 13.3 Å². The molecule has 0 aliphatic rings. The first kappa shape index (κ1) is 17.8. The molecule has 4 heteroatoms. The van der Waals surface area contributed by atoms with Crippen LogP contribution in [0.4, 0.5) is 4.39 Å². The van der Waals surface area contributed by atoms with Gasteiger partial charge < -0.3 is 4.74 Å². The molecule has 0 aliphatic carbocycles. The Kier molecular flexibility index (Phi) is 7.95. The van der Waals surface area contributed by atoms with E-state index in [9.17, 15) is 9.18 Å². The molecule has 0 radical (unpaired) electrons. The van der Waals surface area contributed by atoms with E-state index in [4.69, 9.17) is 4.74 Å². The first-order chi connectivity index (χ1) is 8.20. The third kappa shape index (κ3) is 6.64. The van der Waals surface area contributed by atoms with Crippen molar-refractivity contribution in [1.29, 1.82) is 0 Å². The second-order valence-corrected chi connectivity index (χ2v) is 7.41. The summed E-state index contributed by atoms with van der Waals surface area (Å²) in [6.45, 7) is 7.28. The Morgan fingerprint density at radius 1 is 1.44 bits per heavy atom. The average molecular weight is 278 g/mol. The fourth-order valence-electron chi connectivity index (χ4n) is 1.41. The minimum Gasteiger partial charge on any atom is -0.372 e. The lowest BCUT2D eigenvalue weighted by atomic mass is 9.99. The standard InChI is InChI=1S/C14H27FO2S/c1-7-8-12(13(16)10-18(5)6)9-17-14(3,4)11(2)15/h10-12H,7-9H2,1-6H3. The molecular weight excluding hydrogens is 251 g/mol. The number of halogens is 1. The van der Waals surface area contributed by atoms with Gasteiger partial charge in [-0.15, -0.1) is 0 Å². The topological polar surface area (TPSA) is 26.3 Å². The lowest BCUT2D eigenvalue weighted by molar-refractivity contribution is -0.123. The number of rotatable bonds is 8. The quantitative estimate of drug-likeness (QED) is 0.636. The van der Waals surface area contributed by atoms with Crippen molar-refractivity contribution >= 4 is 21.6 Å². The second-order valence-electron chi connectivity index (χ2n) is 5.42. The summed E-state index contributed by atoms with van der Waals surface area (Å²) < 4.78 is 18.9. The van der Waals surface area contributed by atoms with E-state index in [2.05, 4.69) is 0 Å². The smallest absolute Gasteiger partial charge is 0.166 e. The summed E-state index contributed by atoms with van der Waals surface area (Å²) in [5, 5.41) is 1.76. The molecule has 0 aromatic rings. The minimum absolute atomic E-state index is 0.00752. The van der Waals surface area contributed by atoms with Gasteiger partial charge in [0.25, 0.3) is 0 Å². The molecule has 0 aromatic heterocycles. The van der Waals surface area contributed by atoms with Gasteiger partial charge in [0.05, 0.1) is 12.2 Å². The predicted octanol–water partition coefficient (Wildman–Crippen LogP) is 3.46. The number of ketones is 1. The monoisotopic (exact) mass is 278 g/mol. The Balaban J connectivity index is 4.55. The summed E-state index contributed by atoms with van der Waals surface area (Å²) in [6.07, 6.45) is 4.69. The van der Waals surface area contributed by atoms with Gasteiger partial charge in [-0.2, -0.15) is 10.5 Å². The summed E-state index contributed by atoms with van der Waals surface area (Å²) in [6, 6.07) is 0. The third-order valence-corrected chi connectivity index (χ3v) is 3.71. The number of hydrogen-bond donors (Lipinski definition) is 0. The predicted molar refractivity (Wildman–Crippen MR) is 79.5 cm³/mol. The van der Waals surface area contributed by atoms with Crippen molar-refractivity contribution in [2.75, 3.05) is 19.1 Å². The molecule has 18 heavy (non-hydrogen) atoms. The lowest BCUT2D eigenvalue weighted by Gasteiger charge is -2.28. The number of carbonyl (C=O) groups excluding carboxylic acids is 1. The Morgan fingerprint density at radius 2 is 2.00 bits per heavy atom. The van der Waals surface area contributed by atoms with E-state index in [1.807, 2.05) is 19.4 Å². The summed E-state index contributed by atoms with van der Waals surface area (Å²) in [5.74, 6) is -0.00424. The summed E-state index contributed by atoms with van der Waals surface area (Å²) in [4.78, 5) is 12.0. The van der Waals surface area contributed by atoms with Gasteiger partial charge >= 0.3 is 0 Å². The van der Waals surface area contributed by atoms with Crippen molar-refractivity contribution in [3.05, 3.63) is 0 Å². The van der Waals surface area contributed by atoms with Crippen molar-refractivity contribution in [3.8, 4) is 0 Å². The van der Waals surface area contributed by atoms with E-state index in [0.29, 0.717) is 6.61 Å². The fourth-order valence-corrected chi connectivity index (χ4v) is 2.07. The van der Waals surface area contributed by atoms with E-state index >= 15 is 0 Å². The van der Waals surface area contributed by atoms with E-state index in [0.717, 1.165) is 12.8 Å². The molecule has 0 spiro atoms. The number of ether oxygens (including phenoxy) is 1. The number of hydrogen-bond acceptors (Lipinski definition) is 2. The molecule has 108 valence electrons. The zero-order chi connectivity index (χ0) is 14.3. The van der Waals surface area contributed by atoms with Crippen molar-refractivity contribution in [2.24, 2.45) is 5.92 Å². The van der Waals surface area contributed by atoms with Crippen LogP contribution in [0.25, 0.3) is 0 Å². The van der Waals surface area contributed by atoms with Crippen molar-refractivity contribution in [2.45, 2.75) is 52.3 Å². The van der Waals surface area contributed by atoms with Crippen LogP contribution in [0.5, 0.6) is 0 Å². The van der Waals surface area contributed by atoms with Gasteiger partial charge in [-0.25, -0.2) is 4.39 Å². The van der Waals surface area contributed by atoms with Crippen molar-refractivity contribution < 1.29 is 13.9 Å². The molecule has 0 N–H and O–H groups in total. The summed E-state index contributed by atoms with van der Waals surface area (Å²) in [5.41, 5.74) is -0.827. The summed E-state index contributed by atoms with van der Waals surface area (Å²) >= 11 is 0. The third-order valence-electron chi connectivity index (χ3n) is 3.01. The highest BCUT2D eigenvalue weighted by molar-refractivity contribution is 8.14. The number of Topliss-reactive ketones (excluding diaryl/α,β-unsaturated/α-hetero) is 1. The molecule has 0 fully saturated rings. The zero-order valence-electron chi connectivity index (χ0n) is 12.5. The first-order valence-corrected chi connectivity index (χ1v) is 8.54. The van der Waals surface area contributed by atoms with Gasteiger partial charge in [0.2, 0.25) is 0 Å². The van der Waals surface area contributed by atoms with E-state index in [-0.39, 0.29) is 22.2 Å². The molecule has 2 atom stereocenters. The average Bonchev–Trinajstić information content (AvgIpc) is 2.22. The molecule has 0 aliphatic heterocycles. The zero-order valence-corrected chi connectivity index (χ0v) is 13.3. The van der Waals surface area contributed by atoms with Crippen LogP contribution >= 0.6 is 10.5 Å². The Hall–Kier alpha value is -0.220. The number of carbonyl (C=O) groups is 1. The minimum atomic E-state index is -1.05. The Bertz CT molecular complexity index is 294. The highest BCUT2D eigenvalue weighted by atomic mass is 32.2. The van der Waals surface area contributed by atoms with Crippen LogP contribution in [0.15, 0.2) is 0 Å². The molecule has 0 rings (SSSR count). The molecule has 0 amide bonds. The van der Waals surface area contributed by atoms with E-state index in [1.165, 1.54) is 6.92 Å².